The van der Waals surface area contributed by atoms with Crippen LogP contribution >= 0.6 is 0 Å². The molecule has 1 N–H and O–H groups in total. The fourth-order valence-corrected chi connectivity index (χ4v) is 3.30. The van der Waals surface area contributed by atoms with Gasteiger partial charge in [-0.15, -0.1) is 0 Å². The molecule has 0 aliphatic carbocycles. The van der Waals surface area contributed by atoms with E-state index in [-0.39, 0.29) is 5.91 Å². The number of para-hydroxylation sites is 4. The quantitative estimate of drug-likeness (QED) is 0.464. The maximum atomic E-state index is 12.3. The number of nitrogens with one attached hydrogen (secondary N) is 1. The Bertz CT molecular complexity index is 1080. The summed E-state index contributed by atoms with van der Waals surface area (Å²) in [5.74, 6) is 1.68. The highest BCUT2D eigenvalue weighted by atomic mass is 16.5. The molecule has 0 saturated carbocycles. The number of fused-ring (bicyclic) bond motifs is 1. The maximum Gasteiger partial charge on any atom is 0.220 e. The average Bonchev–Trinajstić information content (AvgIpc) is 3.15. The minimum atomic E-state index is -0.00618. The molecule has 4 rings (SSSR count). The highest BCUT2D eigenvalue weighted by molar-refractivity contribution is 5.79. The van der Waals surface area contributed by atoms with E-state index in [0.29, 0.717) is 26.0 Å². The van der Waals surface area contributed by atoms with Crippen molar-refractivity contribution in [2.45, 2.75) is 12.8 Å². The second kappa shape index (κ2) is 9.06. The fraction of sp³-hybridized carbons (Fsp3) is 0.167. The van der Waals surface area contributed by atoms with E-state index in [1.807, 2.05) is 66.7 Å². The van der Waals surface area contributed by atoms with Gasteiger partial charge in [0.05, 0.1) is 17.6 Å². The van der Waals surface area contributed by atoms with Crippen LogP contribution < -0.4 is 10.1 Å². The lowest BCUT2D eigenvalue weighted by molar-refractivity contribution is -0.121. The zero-order valence-electron chi connectivity index (χ0n) is 16.1. The predicted octanol–water partition coefficient (Wildman–Crippen LogP) is 4.15. The Balaban J connectivity index is 1.37. The third-order valence-corrected chi connectivity index (χ3v) is 4.66. The van der Waals surface area contributed by atoms with Crippen LogP contribution in [0.25, 0.3) is 16.7 Å². The lowest BCUT2D eigenvalue weighted by atomic mass is 10.2. The number of hydrogen-bond acceptors (Lipinski definition) is 3. The average molecular weight is 385 g/mol. The van der Waals surface area contributed by atoms with Crippen LogP contribution in [0, 0.1) is 0 Å². The van der Waals surface area contributed by atoms with Gasteiger partial charge in [-0.1, -0.05) is 48.5 Å². The standard InChI is InChI=1S/C24H23N3O2/c28-24(25-17-18-29-20-11-5-2-6-12-20)16-15-23-26-21-13-7-8-14-22(21)27(23)19-9-3-1-4-10-19/h1-14H,15-18H2,(H,25,28). The molecule has 0 spiro atoms. The van der Waals surface area contributed by atoms with Crippen LogP contribution in [0.1, 0.15) is 12.2 Å². The number of imidazole rings is 1. The van der Waals surface area contributed by atoms with Gasteiger partial charge in [-0.3, -0.25) is 9.36 Å². The summed E-state index contributed by atoms with van der Waals surface area (Å²) in [6.45, 7) is 0.918. The summed E-state index contributed by atoms with van der Waals surface area (Å²) in [6, 6.07) is 27.7. The minimum absolute atomic E-state index is 0.00618. The first-order chi connectivity index (χ1) is 14.3. The number of nitrogens with zero attached hydrogens (tertiary/aromatic N) is 2. The van der Waals surface area contributed by atoms with Crippen LogP contribution in [0.3, 0.4) is 0 Å². The van der Waals surface area contributed by atoms with Gasteiger partial charge in [-0.2, -0.15) is 0 Å². The zero-order valence-corrected chi connectivity index (χ0v) is 16.1. The van der Waals surface area contributed by atoms with Crippen molar-refractivity contribution in [2.75, 3.05) is 13.2 Å². The summed E-state index contributed by atoms with van der Waals surface area (Å²) in [5.41, 5.74) is 3.03. The van der Waals surface area contributed by atoms with E-state index >= 15 is 0 Å². The molecule has 0 atom stereocenters. The molecule has 1 amide bonds. The third-order valence-electron chi connectivity index (χ3n) is 4.66. The molecule has 3 aromatic carbocycles. The van der Waals surface area contributed by atoms with Gasteiger partial charge >= 0.3 is 0 Å². The van der Waals surface area contributed by atoms with Gasteiger partial charge in [0, 0.05) is 18.5 Å². The van der Waals surface area contributed by atoms with Gasteiger partial charge in [0.15, 0.2) is 0 Å². The van der Waals surface area contributed by atoms with Gasteiger partial charge in [0.25, 0.3) is 0 Å². The largest absolute Gasteiger partial charge is 0.492 e. The van der Waals surface area contributed by atoms with E-state index in [1.165, 1.54) is 0 Å². The summed E-state index contributed by atoms with van der Waals surface area (Å²) in [7, 11) is 0. The van der Waals surface area contributed by atoms with Gasteiger partial charge in [-0.25, -0.2) is 4.98 Å². The molecule has 1 heterocycles. The number of ether oxygens (including phenoxy) is 1. The van der Waals surface area contributed by atoms with E-state index in [1.54, 1.807) is 0 Å². The number of aryl methyl sites for hydroxylation is 1. The number of hydrogen-bond donors (Lipinski definition) is 1. The predicted molar refractivity (Wildman–Crippen MR) is 114 cm³/mol. The molecule has 0 aliphatic rings. The third kappa shape index (κ3) is 4.63. The summed E-state index contributed by atoms with van der Waals surface area (Å²) in [5, 5.41) is 2.92. The van der Waals surface area contributed by atoms with E-state index in [2.05, 4.69) is 28.1 Å². The number of carbonyl (C=O) groups is 1. The molecule has 5 heteroatoms. The van der Waals surface area contributed by atoms with Crippen LogP contribution in [0.5, 0.6) is 5.75 Å². The second-order valence-electron chi connectivity index (χ2n) is 6.70. The lowest BCUT2D eigenvalue weighted by Gasteiger charge is -2.10. The number of aromatic nitrogens is 2. The Hall–Kier alpha value is -3.60. The Labute approximate surface area is 170 Å². The van der Waals surface area contributed by atoms with E-state index in [0.717, 1.165) is 28.3 Å². The Morgan fingerprint density at radius 1 is 0.897 bits per heavy atom. The van der Waals surface area contributed by atoms with E-state index < -0.39 is 0 Å². The summed E-state index contributed by atoms with van der Waals surface area (Å²) < 4.78 is 7.73. The number of carbonyl (C=O) groups excluding carboxylic acids is 1. The van der Waals surface area contributed by atoms with Crippen LogP contribution in [-0.4, -0.2) is 28.6 Å². The van der Waals surface area contributed by atoms with Gasteiger partial charge in [0.1, 0.15) is 18.2 Å². The minimum Gasteiger partial charge on any atom is -0.492 e. The molecule has 0 saturated heterocycles. The Kier molecular flexibility index (Phi) is 5.86. The normalized spacial score (nSPS) is 10.8. The van der Waals surface area contributed by atoms with Crippen LogP contribution in [0.15, 0.2) is 84.9 Å². The molecule has 4 aromatic rings. The number of amides is 1. The van der Waals surface area contributed by atoms with E-state index in [9.17, 15) is 4.79 Å². The van der Waals surface area contributed by atoms with Crippen molar-refractivity contribution in [3.05, 3.63) is 90.8 Å². The van der Waals surface area contributed by atoms with Crippen LogP contribution in [-0.2, 0) is 11.2 Å². The molecular weight excluding hydrogens is 362 g/mol. The van der Waals surface area contributed by atoms with Gasteiger partial charge in [-0.05, 0) is 36.4 Å². The first-order valence-corrected chi connectivity index (χ1v) is 9.77. The van der Waals surface area contributed by atoms with Crippen molar-refractivity contribution in [2.24, 2.45) is 0 Å². The van der Waals surface area contributed by atoms with E-state index in [4.69, 9.17) is 9.72 Å². The first-order valence-electron chi connectivity index (χ1n) is 9.77. The summed E-state index contributed by atoms with van der Waals surface area (Å²) in [4.78, 5) is 17.0. The van der Waals surface area contributed by atoms with Crippen molar-refractivity contribution in [3.63, 3.8) is 0 Å². The van der Waals surface area contributed by atoms with Gasteiger partial charge < -0.3 is 10.1 Å². The SMILES string of the molecule is O=C(CCc1nc2ccccc2n1-c1ccccc1)NCCOc1ccccc1. The highest BCUT2D eigenvalue weighted by Crippen LogP contribution is 2.22. The van der Waals surface area contributed by atoms with Crippen LogP contribution in [0.4, 0.5) is 0 Å². The molecule has 146 valence electrons. The zero-order chi connectivity index (χ0) is 19.9. The van der Waals surface area contributed by atoms with Crippen molar-refractivity contribution in [1.82, 2.24) is 14.9 Å². The molecule has 1 aromatic heterocycles. The van der Waals surface area contributed by atoms with Crippen molar-refractivity contribution in [1.29, 1.82) is 0 Å². The molecule has 0 aliphatic heterocycles. The lowest BCUT2D eigenvalue weighted by Crippen LogP contribution is -2.28. The molecular formula is C24H23N3O2. The molecule has 29 heavy (non-hydrogen) atoms. The smallest absolute Gasteiger partial charge is 0.220 e. The first kappa shape index (κ1) is 18.7. The summed E-state index contributed by atoms with van der Waals surface area (Å²) in [6.07, 6.45) is 0.941. The Morgan fingerprint density at radius 3 is 2.38 bits per heavy atom. The van der Waals surface area contributed by atoms with Crippen molar-refractivity contribution in [3.8, 4) is 11.4 Å². The summed E-state index contributed by atoms with van der Waals surface area (Å²) >= 11 is 0. The molecule has 0 unspecified atom stereocenters. The topological polar surface area (TPSA) is 56.2 Å². The second-order valence-corrected chi connectivity index (χ2v) is 6.70. The van der Waals surface area contributed by atoms with Crippen LogP contribution in [0.2, 0.25) is 0 Å². The Morgan fingerprint density at radius 2 is 1.59 bits per heavy atom. The monoisotopic (exact) mass is 385 g/mol. The molecule has 0 fully saturated rings. The highest BCUT2D eigenvalue weighted by Gasteiger charge is 2.13. The van der Waals surface area contributed by atoms with Gasteiger partial charge in [0.2, 0.25) is 5.91 Å². The number of benzene rings is 3. The molecule has 5 nitrogen and oxygen atoms in total. The molecule has 0 bridgehead atoms. The fourth-order valence-electron chi connectivity index (χ4n) is 3.30. The maximum absolute atomic E-state index is 12.3. The van der Waals surface area contributed by atoms with Crippen molar-refractivity contribution < 1.29 is 9.53 Å². The molecule has 0 radical (unpaired) electrons. The number of rotatable bonds is 8. The van der Waals surface area contributed by atoms with Crippen molar-refractivity contribution >= 4 is 16.9 Å².